The summed E-state index contributed by atoms with van der Waals surface area (Å²) in [5.74, 6) is 1.76. The summed E-state index contributed by atoms with van der Waals surface area (Å²) in [5, 5.41) is 4.99. The molecule has 2 unspecified atom stereocenters. The Morgan fingerprint density at radius 2 is 1.62 bits per heavy atom. The summed E-state index contributed by atoms with van der Waals surface area (Å²) in [6.45, 7) is 2.12. The number of benzene rings is 3. The van der Waals surface area contributed by atoms with Gasteiger partial charge in [-0.2, -0.15) is 0 Å². The van der Waals surface area contributed by atoms with Gasteiger partial charge in [-0.25, -0.2) is 4.57 Å². The van der Waals surface area contributed by atoms with E-state index in [0.717, 1.165) is 21.8 Å². The highest BCUT2D eigenvalue weighted by Gasteiger charge is 2.28. The molecule has 0 saturated heterocycles. The van der Waals surface area contributed by atoms with Crippen LogP contribution in [-0.4, -0.2) is 47.4 Å². The van der Waals surface area contributed by atoms with Gasteiger partial charge in [-0.15, -0.1) is 0 Å². The number of ether oxygens (including phenoxy) is 3. The number of para-hydroxylation sites is 3. The zero-order valence-electron chi connectivity index (χ0n) is 18.8. The summed E-state index contributed by atoms with van der Waals surface area (Å²) in [4.78, 5) is 22.0. The van der Waals surface area contributed by atoms with Gasteiger partial charge in [0.25, 0.3) is 0 Å². The van der Waals surface area contributed by atoms with Crippen molar-refractivity contribution < 1.29 is 33.1 Å². The number of phosphoric ester groups is 1. The molecule has 0 aliphatic rings. The second-order valence-electron chi connectivity index (χ2n) is 7.64. The lowest BCUT2D eigenvalue weighted by molar-refractivity contribution is 0.0230. The number of aromatic amines is 1. The van der Waals surface area contributed by atoms with E-state index in [1.807, 2.05) is 54.6 Å². The quantitative estimate of drug-likeness (QED) is 0.141. The third-order valence-corrected chi connectivity index (χ3v) is 5.86. The Balaban J connectivity index is 1.53. The molecule has 0 fully saturated rings. The summed E-state index contributed by atoms with van der Waals surface area (Å²) in [6, 6.07) is 20.7. The van der Waals surface area contributed by atoms with E-state index in [2.05, 4.69) is 10.3 Å². The van der Waals surface area contributed by atoms with Gasteiger partial charge in [-0.05, 0) is 37.3 Å². The minimum Gasteiger partial charge on any atom is -0.493 e. The molecule has 0 spiro atoms. The smallest absolute Gasteiger partial charge is 0.470 e. The normalized spacial score (nSPS) is 13.6. The first-order chi connectivity index (χ1) is 16.4. The molecule has 1 heterocycles. The predicted molar refractivity (Wildman–Crippen MR) is 129 cm³/mol. The fourth-order valence-electron chi connectivity index (χ4n) is 3.78. The van der Waals surface area contributed by atoms with E-state index < -0.39 is 20.2 Å². The molecule has 180 valence electrons. The van der Waals surface area contributed by atoms with Crippen LogP contribution in [0.25, 0.3) is 21.8 Å². The van der Waals surface area contributed by atoms with Crippen molar-refractivity contribution in [1.82, 2.24) is 10.3 Å². The molecule has 0 radical (unpaired) electrons. The number of phosphoric acid groups is 1. The number of fused-ring (bicyclic) bond motifs is 3. The van der Waals surface area contributed by atoms with Crippen molar-refractivity contribution in [3.05, 3.63) is 66.7 Å². The number of rotatable bonds is 11. The second kappa shape index (κ2) is 10.5. The molecule has 2 atom stereocenters. The molecule has 0 aliphatic heterocycles. The Morgan fingerprint density at radius 3 is 2.38 bits per heavy atom. The molecule has 0 aliphatic carbocycles. The van der Waals surface area contributed by atoms with Crippen molar-refractivity contribution >= 4 is 29.6 Å². The standard InChI is InChI=1S/C24H27N2O7P/c1-16(33-34(27,28)29)24(25-14-15-31-21-12-6-5-11-20(21)30-2)32-22-13-7-10-19-23(22)17-8-3-4-9-18(17)26-19/h3-13,16,24-26H,14-15H2,1-2H3,(H2,27,28,29). The van der Waals surface area contributed by atoms with Crippen LogP contribution in [0, 0.1) is 0 Å². The Kier molecular flexibility index (Phi) is 7.41. The van der Waals surface area contributed by atoms with Gasteiger partial charge in [0, 0.05) is 22.8 Å². The molecule has 1 aromatic heterocycles. The third kappa shape index (κ3) is 5.70. The number of H-pyrrole nitrogens is 1. The Morgan fingerprint density at radius 1 is 0.941 bits per heavy atom. The monoisotopic (exact) mass is 486 g/mol. The molecule has 4 rings (SSSR count). The van der Waals surface area contributed by atoms with Gasteiger partial charge in [0.05, 0.1) is 12.6 Å². The lowest BCUT2D eigenvalue weighted by atomic mass is 10.1. The van der Waals surface area contributed by atoms with E-state index in [4.69, 9.17) is 18.7 Å². The molecule has 4 N–H and O–H groups in total. The van der Waals surface area contributed by atoms with Crippen molar-refractivity contribution in [3.63, 3.8) is 0 Å². The summed E-state index contributed by atoms with van der Waals surface area (Å²) in [6.07, 6.45) is -1.83. The highest BCUT2D eigenvalue weighted by atomic mass is 31.2. The van der Waals surface area contributed by atoms with Crippen molar-refractivity contribution in [3.8, 4) is 17.2 Å². The molecule has 34 heavy (non-hydrogen) atoms. The highest BCUT2D eigenvalue weighted by Crippen LogP contribution is 2.39. The summed E-state index contributed by atoms with van der Waals surface area (Å²) in [5.41, 5.74) is 1.85. The number of hydrogen-bond acceptors (Lipinski definition) is 6. The number of nitrogens with one attached hydrogen (secondary N) is 2. The SMILES string of the molecule is COc1ccccc1OCCNC(Oc1cccc2[nH]c3ccccc3c12)C(C)OP(=O)(O)O. The first-order valence-electron chi connectivity index (χ1n) is 10.7. The minimum absolute atomic E-state index is 0.264. The number of hydrogen-bond donors (Lipinski definition) is 4. The zero-order valence-corrected chi connectivity index (χ0v) is 19.7. The van der Waals surface area contributed by atoms with Crippen LogP contribution in [0.4, 0.5) is 0 Å². The largest absolute Gasteiger partial charge is 0.493 e. The molecular formula is C24H27N2O7P. The van der Waals surface area contributed by atoms with Gasteiger partial charge in [0.15, 0.2) is 17.7 Å². The van der Waals surface area contributed by atoms with E-state index in [1.54, 1.807) is 19.2 Å². The van der Waals surface area contributed by atoms with Crippen LogP contribution in [-0.2, 0) is 9.09 Å². The maximum Gasteiger partial charge on any atom is 0.470 e. The maximum absolute atomic E-state index is 11.5. The number of methoxy groups -OCH3 is 1. The molecule has 4 aromatic rings. The van der Waals surface area contributed by atoms with Gasteiger partial charge >= 0.3 is 7.82 Å². The fourth-order valence-corrected chi connectivity index (χ4v) is 4.32. The first-order valence-corrected chi connectivity index (χ1v) is 12.3. The topological polar surface area (TPSA) is 122 Å². The van der Waals surface area contributed by atoms with Gasteiger partial charge in [0.2, 0.25) is 0 Å². The van der Waals surface area contributed by atoms with Crippen LogP contribution in [0.5, 0.6) is 17.2 Å². The van der Waals surface area contributed by atoms with E-state index >= 15 is 0 Å². The van der Waals surface area contributed by atoms with Crippen molar-refractivity contribution in [2.45, 2.75) is 19.3 Å². The van der Waals surface area contributed by atoms with Gasteiger partial charge in [0.1, 0.15) is 18.5 Å². The summed E-state index contributed by atoms with van der Waals surface area (Å²) >= 11 is 0. The Hall–Kier alpha value is -3.07. The van der Waals surface area contributed by atoms with Gasteiger partial charge < -0.3 is 29.0 Å². The molecule has 10 heteroatoms. The lowest BCUT2D eigenvalue weighted by Crippen LogP contribution is -2.45. The maximum atomic E-state index is 11.5. The van der Waals surface area contributed by atoms with Crippen molar-refractivity contribution in [2.75, 3.05) is 20.3 Å². The van der Waals surface area contributed by atoms with Crippen LogP contribution in [0.2, 0.25) is 0 Å². The third-order valence-electron chi connectivity index (χ3n) is 5.25. The second-order valence-corrected chi connectivity index (χ2v) is 8.83. The predicted octanol–water partition coefficient (Wildman–Crippen LogP) is 4.20. The van der Waals surface area contributed by atoms with Crippen LogP contribution in [0.3, 0.4) is 0 Å². The van der Waals surface area contributed by atoms with Crippen molar-refractivity contribution in [2.24, 2.45) is 0 Å². The molecule has 0 saturated carbocycles. The zero-order chi connectivity index (χ0) is 24.1. The molecule has 0 amide bonds. The number of aromatic nitrogens is 1. The molecule has 9 nitrogen and oxygen atoms in total. The van der Waals surface area contributed by atoms with Crippen LogP contribution >= 0.6 is 7.82 Å². The Labute approximate surface area is 196 Å². The van der Waals surface area contributed by atoms with E-state index in [0.29, 0.717) is 23.8 Å². The molecule has 3 aromatic carbocycles. The average molecular weight is 486 g/mol. The summed E-state index contributed by atoms with van der Waals surface area (Å²) in [7, 11) is -3.16. The Bertz CT molecular complexity index is 1300. The van der Waals surface area contributed by atoms with E-state index in [9.17, 15) is 14.4 Å². The first kappa shape index (κ1) is 24.1. The van der Waals surface area contributed by atoms with E-state index in [-0.39, 0.29) is 6.61 Å². The van der Waals surface area contributed by atoms with Crippen molar-refractivity contribution in [1.29, 1.82) is 0 Å². The van der Waals surface area contributed by atoms with Gasteiger partial charge in [-0.3, -0.25) is 9.84 Å². The van der Waals surface area contributed by atoms with E-state index in [1.165, 1.54) is 6.92 Å². The summed E-state index contributed by atoms with van der Waals surface area (Å²) < 4.78 is 33.7. The fraction of sp³-hybridized carbons (Fsp3) is 0.250. The highest BCUT2D eigenvalue weighted by molar-refractivity contribution is 7.46. The van der Waals surface area contributed by atoms with Crippen LogP contribution in [0.15, 0.2) is 66.7 Å². The minimum atomic E-state index is -4.73. The van der Waals surface area contributed by atoms with Crippen LogP contribution < -0.4 is 19.5 Å². The molecule has 0 bridgehead atoms. The average Bonchev–Trinajstić information content (AvgIpc) is 3.19. The lowest BCUT2D eigenvalue weighted by Gasteiger charge is -2.26. The molecular weight excluding hydrogens is 459 g/mol. The van der Waals surface area contributed by atoms with Crippen LogP contribution in [0.1, 0.15) is 6.92 Å². The van der Waals surface area contributed by atoms with Gasteiger partial charge in [-0.1, -0.05) is 36.4 Å².